The van der Waals surface area contributed by atoms with Crippen LogP contribution in [0.2, 0.25) is 5.15 Å². The van der Waals surface area contributed by atoms with Gasteiger partial charge in [-0.25, -0.2) is 14.4 Å². The van der Waals surface area contributed by atoms with Gasteiger partial charge in [-0.05, 0) is 25.0 Å². The zero-order chi connectivity index (χ0) is 22.2. The average Bonchev–Trinajstić information content (AvgIpc) is 2.77. The number of amides is 1. The van der Waals surface area contributed by atoms with Gasteiger partial charge in [0.05, 0.1) is 11.4 Å². The third-order valence-corrected chi connectivity index (χ3v) is 6.15. The number of rotatable bonds is 9. The second-order valence-corrected chi connectivity index (χ2v) is 8.76. The van der Waals surface area contributed by atoms with E-state index in [-0.39, 0.29) is 17.5 Å². The molecule has 0 aliphatic carbocycles. The summed E-state index contributed by atoms with van der Waals surface area (Å²) in [6.07, 6.45) is 2.03. The summed E-state index contributed by atoms with van der Waals surface area (Å²) in [5.41, 5.74) is 0.590. The molecule has 1 aliphatic heterocycles. The highest BCUT2D eigenvalue weighted by molar-refractivity contribution is 7.99. The number of hydrogen-bond acceptors (Lipinski definition) is 6. The molecule has 1 aromatic carbocycles. The topological polar surface area (TPSA) is 52.6 Å². The molecule has 31 heavy (non-hydrogen) atoms. The fraction of sp³-hybridized carbons (Fsp3) is 0.500. The number of thioether (sulfide) groups is 1. The minimum Gasteiger partial charge on any atom is -0.366 e. The van der Waals surface area contributed by atoms with E-state index < -0.39 is 0 Å². The van der Waals surface area contributed by atoms with Crippen LogP contribution in [0.3, 0.4) is 0 Å². The van der Waals surface area contributed by atoms with Gasteiger partial charge in [-0.1, -0.05) is 49.3 Å². The van der Waals surface area contributed by atoms with Crippen LogP contribution in [-0.2, 0) is 4.79 Å². The van der Waals surface area contributed by atoms with E-state index >= 15 is 0 Å². The van der Waals surface area contributed by atoms with E-state index in [2.05, 4.69) is 28.7 Å². The highest BCUT2D eigenvalue weighted by Crippen LogP contribution is 2.24. The number of aromatic nitrogens is 2. The predicted molar refractivity (Wildman–Crippen MR) is 126 cm³/mol. The number of anilines is 2. The normalized spacial score (nSPS) is 14.1. The highest BCUT2D eigenvalue weighted by Gasteiger charge is 2.23. The van der Waals surface area contributed by atoms with Gasteiger partial charge in [-0.3, -0.25) is 4.79 Å². The molecule has 9 heteroatoms. The van der Waals surface area contributed by atoms with Crippen molar-refractivity contribution in [1.29, 1.82) is 0 Å². The summed E-state index contributed by atoms with van der Waals surface area (Å²) in [6, 6.07) is 8.53. The predicted octanol–water partition coefficient (Wildman–Crippen LogP) is 4.34. The molecule has 0 spiro atoms. The summed E-state index contributed by atoms with van der Waals surface area (Å²) in [7, 11) is 0. The summed E-state index contributed by atoms with van der Waals surface area (Å²) >= 11 is 7.53. The Morgan fingerprint density at radius 3 is 2.45 bits per heavy atom. The molecule has 0 saturated carbocycles. The lowest BCUT2D eigenvalue weighted by Gasteiger charge is -2.36. The third-order valence-electron chi connectivity index (χ3n) is 5.12. The smallest absolute Gasteiger partial charge is 0.233 e. The molecular formula is C22H29ClFN5OS. The Morgan fingerprint density at radius 2 is 1.81 bits per heavy atom. The number of hydrogen-bond donors (Lipinski definition) is 0. The lowest BCUT2D eigenvalue weighted by Crippen LogP contribution is -2.49. The summed E-state index contributed by atoms with van der Waals surface area (Å²) in [5.74, 6) is 0.854. The molecule has 1 aromatic heterocycles. The fourth-order valence-electron chi connectivity index (χ4n) is 3.62. The summed E-state index contributed by atoms with van der Waals surface area (Å²) in [6.45, 7) is 8.41. The Bertz CT molecular complexity index is 873. The minimum atomic E-state index is -0.230. The molecule has 2 heterocycles. The second-order valence-electron chi connectivity index (χ2n) is 7.43. The van der Waals surface area contributed by atoms with Gasteiger partial charge in [0.2, 0.25) is 5.91 Å². The van der Waals surface area contributed by atoms with Crippen LogP contribution in [0.1, 0.15) is 26.7 Å². The summed E-state index contributed by atoms with van der Waals surface area (Å²) < 4.78 is 14.0. The SMILES string of the molecule is CCCN(CCC)c1cc(Cl)nc(SCC(=O)N2CCN(c3ccccc3F)CC2)n1. The van der Waals surface area contributed by atoms with Gasteiger partial charge in [-0.2, -0.15) is 0 Å². The van der Waals surface area contributed by atoms with Gasteiger partial charge in [0.1, 0.15) is 16.8 Å². The molecule has 0 unspecified atom stereocenters. The van der Waals surface area contributed by atoms with Crippen molar-refractivity contribution < 1.29 is 9.18 Å². The third kappa shape index (κ3) is 6.46. The van der Waals surface area contributed by atoms with Crippen molar-refractivity contribution in [3.05, 3.63) is 41.3 Å². The largest absolute Gasteiger partial charge is 0.366 e. The van der Waals surface area contributed by atoms with E-state index in [1.54, 1.807) is 18.2 Å². The number of nitrogens with zero attached hydrogens (tertiary/aromatic N) is 5. The van der Waals surface area contributed by atoms with E-state index in [0.717, 1.165) is 31.7 Å². The quantitative estimate of drug-likeness (QED) is 0.312. The maximum atomic E-state index is 14.0. The van der Waals surface area contributed by atoms with Gasteiger partial charge < -0.3 is 14.7 Å². The van der Waals surface area contributed by atoms with Crippen molar-refractivity contribution in [2.75, 3.05) is 54.8 Å². The first-order chi connectivity index (χ1) is 15.0. The van der Waals surface area contributed by atoms with E-state index in [4.69, 9.17) is 11.6 Å². The van der Waals surface area contributed by atoms with Crippen molar-refractivity contribution in [1.82, 2.24) is 14.9 Å². The molecule has 1 fully saturated rings. The van der Waals surface area contributed by atoms with Crippen LogP contribution in [0.15, 0.2) is 35.5 Å². The van der Waals surface area contributed by atoms with Crippen molar-refractivity contribution in [3.8, 4) is 0 Å². The Morgan fingerprint density at radius 1 is 1.13 bits per heavy atom. The molecule has 0 atom stereocenters. The second kappa shape index (κ2) is 11.5. The zero-order valence-electron chi connectivity index (χ0n) is 18.1. The number of benzene rings is 1. The van der Waals surface area contributed by atoms with Gasteiger partial charge in [0, 0.05) is 45.3 Å². The average molecular weight is 466 g/mol. The molecule has 6 nitrogen and oxygen atoms in total. The molecule has 3 rings (SSSR count). The van der Waals surface area contributed by atoms with E-state index in [0.29, 0.717) is 42.2 Å². The first kappa shape index (κ1) is 23.6. The monoisotopic (exact) mass is 465 g/mol. The molecule has 168 valence electrons. The number of para-hydroxylation sites is 1. The number of carbonyl (C=O) groups is 1. The molecule has 1 amide bonds. The molecule has 1 saturated heterocycles. The number of piperazine rings is 1. The summed E-state index contributed by atoms with van der Waals surface area (Å²) in [4.78, 5) is 27.6. The molecule has 0 radical (unpaired) electrons. The molecule has 2 aromatic rings. The molecule has 1 aliphatic rings. The van der Waals surface area contributed by atoms with Crippen molar-refractivity contribution in [2.45, 2.75) is 31.8 Å². The van der Waals surface area contributed by atoms with Crippen LogP contribution in [0.25, 0.3) is 0 Å². The van der Waals surface area contributed by atoms with Crippen molar-refractivity contribution in [3.63, 3.8) is 0 Å². The Kier molecular flexibility index (Phi) is 8.78. The first-order valence-electron chi connectivity index (χ1n) is 10.7. The van der Waals surface area contributed by atoms with E-state index in [1.165, 1.54) is 17.8 Å². The van der Waals surface area contributed by atoms with Crippen LogP contribution in [0.5, 0.6) is 0 Å². The lowest BCUT2D eigenvalue weighted by atomic mass is 10.2. The lowest BCUT2D eigenvalue weighted by molar-refractivity contribution is -0.128. The Labute approximate surface area is 192 Å². The molecule has 0 bridgehead atoms. The van der Waals surface area contributed by atoms with Crippen LogP contribution in [-0.4, -0.2) is 65.8 Å². The van der Waals surface area contributed by atoms with E-state index in [9.17, 15) is 9.18 Å². The van der Waals surface area contributed by atoms with Crippen LogP contribution >= 0.6 is 23.4 Å². The minimum absolute atomic E-state index is 0.0299. The number of halogens is 2. The van der Waals surface area contributed by atoms with Gasteiger partial charge >= 0.3 is 0 Å². The van der Waals surface area contributed by atoms with Crippen LogP contribution in [0, 0.1) is 5.82 Å². The van der Waals surface area contributed by atoms with Crippen LogP contribution < -0.4 is 9.80 Å². The maximum absolute atomic E-state index is 14.0. The summed E-state index contributed by atoms with van der Waals surface area (Å²) in [5, 5.41) is 0.897. The fourth-order valence-corrected chi connectivity index (χ4v) is 4.60. The maximum Gasteiger partial charge on any atom is 0.233 e. The Hall–Kier alpha value is -2.06. The van der Waals surface area contributed by atoms with Crippen molar-refractivity contribution in [2.24, 2.45) is 0 Å². The highest BCUT2D eigenvalue weighted by atomic mass is 35.5. The van der Waals surface area contributed by atoms with Crippen molar-refractivity contribution >= 4 is 40.8 Å². The van der Waals surface area contributed by atoms with E-state index in [1.807, 2.05) is 15.9 Å². The zero-order valence-corrected chi connectivity index (χ0v) is 19.6. The number of carbonyl (C=O) groups excluding carboxylic acids is 1. The molecule has 0 N–H and O–H groups in total. The standard InChI is InChI=1S/C22H29ClFN5OS/c1-3-9-28(10-4-2)20-15-19(23)25-22(26-20)31-16-21(30)29-13-11-27(12-14-29)18-8-6-5-7-17(18)24/h5-8,15H,3-4,9-14,16H2,1-2H3. The molecular weight excluding hydrogens is 437 g/mol. The van der Waals surface area contributed by atoms with Gasteiger partial charge in [0.15, 0.2) is 5.16 Å². The van der Waals surface area contributed by atoms with Gasteiger partial charge in [0.25, 0.3) is 0 Å². The van der Waals surface area contributed by atoms with Crippen LogP contribution in [0.4, 0.5) is 15.9 Å². The Balaban J connectivity index is 1.56. The van der Waals surface area contributed by atoms with Gasteiger partial charge in [-0.15, -0.1) is 0 Å². The first-order valence-corrected chi connectivity index (χ1v) is 12.1.